The SMILES string of the molecule is CC(C)Cc1ccc(C(NCc2cc(=O)n3ccccc3n2)C(C)C)cc1. The number of hydrogen-bond acceptors (Lipinski definition) is 3. The lowest BCUT2D eigenvalue weighted by Crippen LogP contribution is -2.27. The molecule has 0 amide bonds. The molecular weight excluding hydrogens is 334 g/mol. The summed E-state index contributed by atoms with van der Waals surface area (Å²) in [6.45, 7) is 9.47. The highest BCUT2D eigenvalue weighted by molar-refractivity contribution is 5.38. The number of hydrogen-bond donors (Lipinski definition) is 1. The second kappa shape index (κ2) is 8.49. The standard InChI is InChI=1S/C23H29N3O/c1-16(2)13-18-8-10-19(11-9-18)23(17(3)4)24-15-20-14-22(27)26-12-6-5-7-21(26)25-20/h5-12,14,16-17,23-24H,13,15H2,1-4H3. The first-order valence-electron chi connectivity index (χ1n) is 9.73. The molecule has 2 aromatic heterocycles. The molecule has 1 aromatic carbocycles. The highest BCUT2D eigenvalue weighted by Crippen LogP contribution is 2.23. The molecule has 0 aliphatic heterocycles. The van der Waals surface area contributed by atoms with Crippen LogP contribution >= 0.6 is 0 Å². The van der Waals surface area contributed by atoms with Gasteiger partial charge in [-0.25, -0.2) is 4.98 Å². The van der Waals surface area contributed by atoms with Gasteiger partial charge in [-0.1, -0.05) is 58.0 Å². The van der Waals surface area contributed by atoms with Gasteiger partial charge in [-0.05, 0) is 41.5 Å². The quantitative estimate of drug-likeness (QED) is 0.678. The Hall–Kier alpha value is -2.46. The van der Waals surface area contributed by atoms with Crippen molar-refractivity contribution in [2.45, 2.75) is 46.7 Å². The first-order valence-corrected chi connectivity index (χ1v) is 9.73. The number of benzene rings is 1. The van der Waals surface area contributed by atoms with E-state index < -0.39 is 0 Å². The van der Waals surface area contributed by atoms with E-state index in [1.165, 1.54) is 11.1 Å². The molecule has 0 aliphatic rings. The van der Waals surface area contributed by atoms with Gasteiger partial charge in [-0.15, -0.1) is 0 Å². The average Bonchev–Trinajstić information content (AvgIpc) is 2.62. The third-order valence-corrected chi connectivity index (χ3v) is 4.78. The van der Waals surface area contributed by atoms with Crippen molar-refractivity contribution in [1.82, 2.24) is 14.7 Å². The van der Waals surface area contributed by atoms with Crippen LogP contribution in [-0.4, -0.2) is 9.38 Å². The molecule has 1 N–H and O–H groups in total. The Morgan fingerprint density at radius 1 is 1.04 bits per heavy atom. The molecule has 0 radical (unpaired) electrons. The van der Waals surface area contributed by atoms with Gasteiger partial charge >= 0.3 is 0 Å². The van der Waals surface area contributed by atoms with Crippen LogP contribution in [0.2, 0.25) is 0 Å². The molecule has 0 spiro atoms. The lowest BCUT2D eigenvalue weighted by Gasteiger charge is -2.23. The first-order chi connectivity index (χ1) is 12.9. The Kier molecular flexibility index (Phi) is 6.07. The van der Waals surface area contributed by atoms with Crippen LogP contribution in [0.15, 0.2) is 59.5 Å². The smallest absolute Gasteiger partial charge is 0.258 e. The van der Waals surface area contributed by atoms with E-state index in [0.29, 0.717) is 24.0 Å². The van der Waals surface area contributed by atoms with Crippen molar-refractivity contribution in [2.24, 2.45) is 11.8 Å². The van der Waals surface area contributed by atoms with Gasteiger partial charge in [0.2, 0.25) is 0 Å². The molecule has 4 heteroatoms. The van der Waals surface area contributed by atoms with E-state index in [2.05, 4.69) is 62.3 Å². The van der Waals surface area contributed by atoms with Crippen molar-refractivity contribution in [2.75, 3.05) is 0 Å². The molecule has 0 fully saturated rings. The molecule has 1 atom stereocenters. The van der Waals surface area contributed by atoms with Crippen molar-refractivity contribution in [3.05, 3.63) is 81.9 Å². The Morgan fingerprint density at radius 3 is 2.44 bits per heavy atom. The minimum atomic E-state index is -0.0449. The fraction of sp³-hybridized carbons (Fsp3) is 0.391. The molecule has 2 heterocycles. The maximum absolute atomic E-state index is 12.3. The summed E-state index contributed by atoms with van der Waals surface area (Å²) in [5.74, 6) is 1.09. The molecule has 1 unspecified atom stereocenters. The number of nitrogens with one attached hydrogen (secondary N) is 1. The van der Waals surface area contributed by atoms with Crippen LogP contribution < -0.4 is 10.9 Å². The van der Waals surface area contributed by atoms with E-state index in [0.717, 1.165) is 12.1 Å². The molecule has 3 rings (SSSR count). The van der Waals surface area contributed by atoms with Crippen molar-refractivity contribution >= 4 is 5.65 Å². The summed E-state index contributed by atoms with van der Waals surface area (Å²) >= 11 is 0. The summed E-state index contributed by atoms with van der Waals surface area (Å²) in [4.78, 5) is 16.9. The number of nitrogens with zero attached hydrogens (tertiary/aromatic N) is 2. The monoisotopic (exact) mass is 363 g/mol. The largest absolute Gasteiger partial charge is 0.304 e. The number of aromatic nitrogens is 2. The summed E-state index contributed by atoms with van der Waals surface area (Å²) in [6.07, 6.45) is 2.85. The van der Waals surface area contributed by atoms with E-state index in [9.17, 15) is 4.79 Å². The van der Waals surface area contributed by atoms with Crippen LogP contribution in [0.5, 0.6) is 0 Å². The summed E-state index contributed by atoms with van der Waals surface area (Å²) in [5, 5.41) is 3.59. The average molecular weight is 364 g/mol. The van der Waals surface area contributed by atoms with Gasteiger partial charge in [-0.2, -0.15) is 0 Å². The zero-order valence-electron chi connectivity index (χ0n) is 16.6. The Bertz CT molecular complexity index is 942. The Balaban J connectivity index is 1.76. The third-order valence-electron chi connectivity index (χ3n) is 4.78. The molecule has 0 bridgehead atoms. The van der Waals surface area contributed by atoms with Crippen molar-refractivity contribution in [3.63, 3.8) is 0 Å². The lowest BCUT2D eigenvalue weighted by atomic mass is 9.93. The van der Waals surface area contributed by atoms with Crippen LogP contribution in [-0.2, 0) is 13.0 Å². The van der Waals surface area contributed by atoms with Crippen molar-refractivity contribution < 1.29 is 0 Å². The van der Waals surface area contributed by atoms with E-state index >= 15 is 0 Å². The number of pyridine rings is 1. The second-order valence-corrected chi connectivity index (χ2v) is 7.96. The molecule has 142 valence electrons. The van der Waals surface area contributed by atoms with E-state index in [4.69, 9.17) is 0 Å². The van der Waals surface area contributed by atoms with Gasteiger partial charge in [0.25, 0.3) is 5.56 Å². The summed E-state index contributed by atoms with van der Waals surface area (Å²) < 4.78 is 1.57. The molecule has 0 aliphatic carbocycles. The highest BCUT2D eigenvalue weighted by Gasteiger charge is 2.16. The summed E-state index contributed by atoms with van der Waals surface area (Å²) in [5.41, 5.74) is 4.06. The van der Waals surface area contributed by atoms with Crippen LogP contribution in [0.1, 0.15) is 50.6 Å². The second-order valence-electron chi connectivity index (χ2n) is 7.96. The van der Waals surface area contributed by atoms with E-state index in [1.807, 2.05) is 18.2 Å². The zero-order valence-corrected chi connectivity index (χ0v) is 16.6. The molecular formula is C23H29N3O. The van der Waals surface area contributed by atoms with Crippen LogP contribution in [0.4, 0.5) is 0 Å². The van der Waals surface area contributed by atoms with Gasteiger partial charge in [-0.3, -0.25) is 9.20 Å². The maximum Gasteiger partial charge on any atom is 0.258 e. The normalized spacial score (nSPS) is 12.8. The Morgan fingerprint density at radius 2 is 1.78 bits per heavy atom. The third kappa shape index (κ3) is 4.83. The minimum absolute atomic E-state index is 0.0449. The van der Waals surface area contributed by atoms with Crippen LogP contribution in [0.25, 0.3) is 5.65 Å². The van der Waals surface area contributed by atoms with Gasteiger partial charge in [0.15, 0.2) is 0 Å². The van der Waals surface area contributed by atoms with Gasteiger partial charge < -0.3 is 5.32 Å². The predicted molar refractivity (Wildman–Crippen MR) is 111 cm³/mol. The summed E-state index contributed by atoms with van der Waals surface area (Å²) in [7, 11) is 0. The lowest BCUT2D eigenvalue weighted by molar-refractivity contribution is 0.408. The van der Waals surface area contributed by atoms with Crippen molar-refractivity contribution in [3.8, 4) is 0 Å². The van der Waals surface area contributed by atoms with Crippen LogP contribution in [0, 0.1) is 11.8 Å². The Labute approximate surface area is 161 Å². The van der Waals surface area contributed by atoms with Crippen molar-refractivity contribution in [1.29, 1.82) is 0 Å². The predicted octanol–water partition coefficient (Wildman–Crippen LogP) is 4.38. The maximum atomic E-state index is 12.3. The summed E-state index contributed by atoms with van der Waals surface area (Å²) in [6, 6.07) is 16.3. The minimum Gasteiger partial charge on any atom is -0.304 e. The fourth-order valence-electron chi connectivity index (χ4n) is 3.48. The zero-order chi connectivity index (χ0) is 19.4. The first kappa shape index (κ1) is 19.3. The number of fused-ring (bicyclic) bond motifs is 1. The van der Waals surface area contributed by atoms with Crippen LogP contribution in [0.3, 0.4) is 0 Å². The van der Waals surface area contributed by atoms with Gasteiger partial charge in [0, 0.05) is 24.8 Å². The molecule has 27 heavy (non-hydrogen) atoms. The molecule has 3 aromatic rings. The molecule has 0 saturated heterocycles. The molecule has 0 saturated carbocycles. The highest BCUT2D eigenvalue weighted by atomic mass is 16.1. The van der Waals surface area contributed by atoms with Gasteiger partial charge in [0.05, 0.1) is 5.69 Å². The van der Waals surface area contributed by atoms with E-state index in [-0.39, 0.29) is 11.6 Å². The fourth-order valence-corrected chi connectivity index (χ4v) is 3.48. The number of rotatable bonds is 7. The van der Waals surface area contributed by atoms with Gasteiger partial charge in [0.1, 0.15) is 5.65 Å². The molecule has 4 nitrogen and oxygen atoms in total. The topological polar surface area (TPSA) is 46.4 Å². The van der Waals surface area contributed by atoms with E-state index in [1.54, 1.807) is 16.7 Å².